The van der Waals surface area contributed by atoms with Gasteiger partial charge in [-0.25, -0.2) is 0 Å². The van der Waals surface area contributed by atoms with E-state index in [1.165, 1.54) is 148 Å². The van der Waals surface area contributed by atoms with Crippen LogP contribution in [0.3, 0.4) is 0 Å². The number of rotatable bonds is 56. The van der Waals surface area contributed by atoms with Crippen LogP contribution in [0.5, 0.6) is 0 Å². The van der Waals surface area contributed by atoms with Crippen molar-refractivity contribution in [1.29, 1.82) is 0 Å². The molecule has 0 rings (SSSR count). The third kappa shape index (κ3) is 60.8. The van der Waals surface area contributed by atoms with Gasteiger partial charge < -0.3 is 14.2 Å². The maximum atomic E-state index is 12.9. The van der Waals surface area contributed by atoms with Crippen molar-refractivity contribution in [2.45, 2.75) is 297 Å². The van der Waals surface area contributed by atoms with Gasteiger partial charge in [0.05, 0.1) is 0 Å². The minimum Gasteiger partial charge on any atom is -0.462 e. The van der Waals surface area contributed by atoms with Crippen molar-refractivity contribution in [1.82, 2.24) is 0 Å². The standard InChI is InChI=1S/C69H116O6/c1-4-7-10-13-16-19-22-25-27-28-29-30-31-32-33-34-35-36-37-38-39-40-42-44-47-50-53-56-59-62-68(71)74-65-66(64-73-67(70)61-58-55-52-49-46-43-24-21-18-15-12-9-6-3)75-69(72)63-60-57-54-51-48-45-41-26-23-20-17-14-11-8-5-2/h7,9-10,12,16,18-19,21,25,27,29-30,32-33,43,46,52,55,66H,4-6,8,11,13-15,17,20,22-24,26,28,31,34-42,44-45,47-51,53-54,56-65H2,1-3H3/b10-7-,12-9-,19-16-,21-18-,27-25-,30-29-,33-32-,46-43-,55-52-. The van der Waals surface area contributed by atoms with Gasteiger partial charge in [-0.2, -0.15) is 0 Å². The van der Waals surface area contributed by atoms with Crippen molar-refractivity contribution >= 4 is 17.9 Å². The summed E-state index contributed by atoms with van der Waals surface area (Å²) in [6.45, 7) is 6.37. The van der Waals surface area contributed by atoms with Crippen LogP contribution in [0.15, 0.2) is 109 Å². The summed E-state index contributed by atoms with van der Waals surface area (Å²) in [6, 6.07) is 0. The molecule has 0 saturated carbocycles. The van der Waals surface area contributed by atoms with Gasteiger partial charge >= 0.3 is 17.9 Å². The Morgan fingerprint density at radius 3 is 0.893 bits per heavy atom. The molecule has 0 aliphatic carbocycles. The Morgan fingerprint density at radius 1 is 0.280 bits per heavy atom. The number of carbonyl (C=O) groups excluding carboxylic acids is 3. The second-order valence-corrected chi connectivity index (χ2v) is 20.6. The third-order valence-electron chi connectivity index (χ3n) is 13.3. The zero-order chi connectivity index (χ0) is 54.3. The lowest BCUT2D eigenvalue weighted by atomic mass is 10.0. The molecule has 0 aromatic heterocycles. The number of ether oxygens (including phenoxy) is 3. The smallest absolute Gasteiger partial charge is 0.306 e. The second-order valence-electron chi connectivity index (χ2n) is 20.6. The van der Waals surface area contributed by atoms with Crippen LogP contribution in [0.25, 0.3) is 0 Å². The summed E-state index contributed by atoms with van der Waals surface area (Å²) in [5.41, 5.74) is 0. The molecule has 0 heterocycles. The van der Waals surface area contributed by atoms with Crippen LogP contribution >= 0.6 is 0 Å². The molecular formula is C69H116O6. The summed E-state index contributed by atoms with van der Waals surface area (Å²) in [6.07, 6.45) is 85.4. The molecule has 6 nitrogen and oxygen atoms in total. The van der Waals surface area contributed by atoms with Gasteiger partial charge in [0, 0.05) is 19.3 Å². The zero-order valence-corrected chi connectivity index (χ0v) is 49.0. The maximum Gasteiger partial charge on any atom is 0.306 e. The topological polar surface area (TPSA) is 78.9 Å². The molecular weight excluding hydrogens is 925 g/mol. The van der Waals surface area contributed by atoms with E-state index >= 15 is 0 Å². The molecule has 428 valence electrons. The lowest BCUT2D eigenvalue weighted by Crippen LogP contribution is -2.30. The number of allylic oxidation sites excluding steroid dienone is 18. The number of esters is 3. The molecule has 0 spiro atoms. The predicted molar refractivity (Wildman–Crippen MR) is 325 cm³/mol. The molecule has 0 aliphatic heterocycles. The van der Waals surface area contributed by atoms with Crippen LogP contribution in [0.2, 0.25) is 0 Å². The van der Waals surface area contributed by atoms with E-state index in [1.807, 2.05) is 6.08 Å². The van der Waals surface area contributed by atoms with E-state index in [1.54, 1.807) is 0 Å². The fourth-order valence-corrected chi connectivity index (χ4v) is 8.66. The molecule has 0 amide bonds. The average Bonchev–Trinajstić information content (AvgIpc) is 3.41. The highest BCUT2D eigenvalue weighted by molar-refractivity contribution is 5.71. The van der Waals surface area contributed by atoms with E-state index in [-0.39, 0.29) is 37.5 Å². The lowest BCUT2D eigenvalue weighted by Gasteiger charge is -2.18. The summed E-state index contributed by atoms with van der Waals surface area (Å²) in [5.74, 6) is -0.977. The number of unbranched alkanes of at least 4 members (excludes halogenated alkanes) is 27. The lowest BCUT2D eigenvalue weighted by molar-refractivity contribution is -0.166. The van der Waals surface area contributed by atoms with Crippen molar-refractivity contribution < 1.29 is 28.6 Å². The first-order valence-corrected chi connectivity index (χ1v) is 31.4. The maximum absolute atomic E-state index is 12.9. The first-order valence-electron chi connectivity index (χ1n) is 31.4. The monoisotopic (exact) mass is 1040 g/mol. The molecule has 1 unspecified atom stereocenters. The minimum absolute atomic E-state index is 0.0985. The molecule has 0 radical (unpaired) electrons. The van der Waals surface area contributed by atoms with Crippen LogP contribution in [0.1, 0.15) is 290 Å². The summed E-state index contributed by atoms with van der Waals surface area (Å²) in [4.78, 5) is 38.2. The first-order chi connectivity index (χ1) is 37.0. The van der Waals surface area contributed by atoms with Crippen molar-refractivity contribution in [2.75, 3.05) is 13.2 Å². The largest absolute Gasteiger partial charge is 0.462 e. The van der Waals surface area contributed by atoms with Gasteiger partial charge in [0.15, 0.2) is 6.10 Å². The Labute approximate surface area is 463 Å². The van der Waals surface area contributed by atoms with Crippen LogP contribution < -0.4 is 0 Å². The van der Waals surface area contributed by atoms with Gasteiger partial charge in [0.1, 0.15) is 13.2 Å². The average molecular weight is 1040 g/mol. The second kappa shape index (κ2) is 62.6. The fraction of sp³-hybridized carbons (Fsp3) is 0.696. The van der Waals surface area contributed by atoms with Crippen molar-refractivity contribution in [3.8, 4) is 0 Å². The van der Waals surface area contributed by atoms with Gasteiger partial charge in [-0.3, -0.25) is 14.4 Å². The molecule has 0 N–H and O–H groups in total. The van der Waals surface area contributed by atoms with Crippen LogP contribution in [-0.2, 0) is 28.6 Å². The summed E-state index contributed by atoms with van der Waals surface area (Å²) < 4.78 is 16.8. The molecule has 0 aliphatic rings. The van der Waals surface area contributed by atoms with E-state index in [0.29, 0.717) is 19.3 Å². The summed E-state index contributed by atoms with van der Waals surface area (Å²) in [5, 5.41) is 0. The Bertz CT molecular complexity index is 1520. The van der Waals surface area contributed by atoms with E-state index < -0.39 is 6.10 Å². The first kappa shape index (κ1) is 71.1. The molecule has 6 heteroatoms. The molecule has 0 aromatic rings. The van der Waals surface area contributed by atoms with E-state index in [9.17, 15) is 14.4 Å². The molecule has 1 atom stereocenters. The van der Waals surface area contributed by atoms with Crippen LogP contribution in [0, 0.1) is 0 Å². The van der Waals surface area contributed by atoms with Gasteiger partial charge in [0.2, 0.25) is 0 Å². The highest BCUT2D eigenvalue weighted by atomic mass is 16.6. The normalized spacial score (nSPS) is 12.8. The van der Waals surface area contributed by atoms with Gasteiger partial charge in [-0.05, 0) is 89.9 Å². The number of hydrogen-bond acceptors (Lipinski definition) is 6. The van der Waals surface area contributed by atoms with Gasteiger partial charge in [-0.15, -0.1) is 0 Å². The Hall–Kier alpha value is -3.93. The number of hydrogen-bond donors (Lipinski definition) is 0. The van der Waals surface area contributed by atoms with Crippen molar-refractivity contribution in [3.63, 3.8) is 0 Å². The molecule has 0 fully saturated rings. The van der Waals surface area contributed by atoms with E-state index in [0.717, 1.165) is 96.3 Å². The van der Waals surface area contributed by atoms with Gasteiger partial charge in [-0.1, -0.05) is 291 Å². The Kier molecular flexibility index (Phi) is 59.3. The fourth-order valence-electron chi connectivity index (χ4n) is 8.66. The minimum atomic E-state index is -0.806. The quantitative estimate of drug-likeness (QED) is 0.0261. The zero-order valence-electron chi connectivity index (χ0n) is 49.0. The molecule has 75 heavy (non-hydrogen) atoms. The Morgan fingerprint density at radius 2 is 0.547 bits per heavy atom. The summed E-state index contributed by atoms with van der Waals surface area (Å²) >= 11 is 0. The molecule has 0 aromatic carbocycles. The molecule has 0 bridgehead atoms. The number of carbonyl (C=O) groups is 3. The van der Waals surface area contributed by atoms with Gasteiger partial charge in [0.25, 0.3) is 0 Å². The van der Waals surface area contributed by atoms with Crippen molar-refractivity contribution in [2.24, 2.45) is 0 Å². The highest BCUT2D eigenvalue weighted by Crippen LogP contribution is 2.16. The predicted octanol–water partition coefficient (Wildman–Crippen LogP) is 21.4. The van der Waals surface area contributed by atoms with Crippen LogP contribution in [-0.4, -0.2) is 37.2 Å². The Balaban J connectivity index is 4.27. The SMILES string of the molecule is CC/C=C\C/C=C\C/C=C\C/C=C\C/C=C\CCCCCCCCCCCCCCCC(=O)OCC(COC(=O)CC/C=C\C/C=C\C/C=C\C/C=C\CC)OC(=O)CCCCCCCCCCCCCCCCC. The van der Waals surface area contributed by atoms with E-state index in [2.05, 4.69) is 124 Å². The van der Waals surface area contributed by atoms with E-state index in [4.69, 9.17) is 14.2 Å². The summed E-state index contributed by atoms with van der Waals surface area (Å²) in [7, 11) is 0. The third-order valence-corrected chi connectivity index (χ3v) is 13.3. The van der Waals surface area contributed by atoms with Crippen LogP contribution in [0.4, 0.5) is 0 Å². The molecule has 0 saturated heterocycles. The van der Waals surface area contributed by atoms with Crippen molar-refractivity contribution in [3.05, 3.63) is 109 Å². The highest BCUT2D eigenvalue weighted by Gasteiger charge is 2.19.